The van der Waals surface area contributed by atoms with Crippen LogP contribution in [0.15, 0.2) is 0 Å². The van der Waals surface area contributed by atoms with Crippen molar-refractivity contribution in [3.63, 3.8) is 0 Å². The van der Waals surface area contributed by atoms with Crippen LogP contribution in [0.3, 0.4) is 0 Å². The van der Waals surface area contributed by atoms with Crippen molar-refractivity contribution in [2.24, 2.45) is 17.8 Å². The molecule has 1 N–H and O–H groups in total. The van der Waals surface area contributed by atoms with Crippen LogP contribution in [0.25, 0.3) is 0 Å². The molecule has 1 fully saturated rings. The number of hydrogen-bond donors (Lipinski definition) is 1. The Kier molecular flexibility index (Phi) is 5.26. The average molecular weight is 228 g/mol. The van der Waals surface area contributed by atoms with Crippen LogP contribution in [0.5, 0.6) is 0 Å². The van der Waals surface area contributed by atoms with Crippen molar-refractivity contribution in [2.75, 3.05) is 7.11 Å². The molecule has 0 spiro atoms. The standard InChI is InChI=1S/C13H24O3/c1-9(2)7-12(13(14)15)10-5-4-6-11(8-10)16-3/h9-12H,4-8H2,1-3H3,(H,14,15). The number of ether oxygens (including phenoxy) is 1. The smallest absolute Gasteiger partial charge is 0.306 e. The molecule has 0 heterocycles. The fraction of sp³-hybridized carbons (Fsp3) is 0.923. The monoisotopic (exact) mass is 228 g/mol. The van der Waals surface area contributed by atoms with Crippen LogP contribution in [0.2, 0.25) is 0 Å². The predicted molar refractivity (Wildman–Crippen MR) is 63.3 cm³/mol. The molecule has 0 aliphatic heterocycles. The summed E-state index contributed by atoms with van der Waals surface area (Å²) in [5, 5.41) is 9.29. The maximum Gasteiger partial charge on any atom is 0.306 e. The summed E-state index contributed by atoms with van der Waals surface area (Å²) in [5.41, 5.74) is 0. The molecule has 0 aromatic carbocycles. The lowest BCUT2D eigenvalue weighted by Gasteiger charge is -2.32. The number of carboxylic acid groups (broad SMARTS) is 1. The molecule has 1 aliphatic carbocycles. The number of hydrogen-bond acceptors (Lipinski definition) is 2. The van der Waals surface area contributed by atoms with Gasteiger partial charge in [0.05, 0.1) is 12.0 Å². The second-order valence-corrected chi connectivity index (χ2v) is 5.36. The maximum absolute atomic E-state index is 11.3. The minimum absolute atomic E-state index is 0.182. The molecule has 3 atom stereocenters. The van der Waals surface area contributed by atoms with Gasteiger partial charge in [-0.1, -0.05) is 20.3 Å². The molecule has 3 heteroatoms. The molecule has 1 saturated carbocycles. The Bertz CT molecular complexity index is 225. The van der Waals surface area contributed by atoms with E-state index in [0.717, 1.165) is 32.1 Å². The Labute approximate surface area is 98.2 Å². The summed E-state index contributed by atoms with van der Waals surface area (Å²) in [5.74, 6) is -0.0592. The van der Waals surface area contributed by atoms with Gasteiger partial charge >= 0.3 is 5.97 Å². The average Bonchev–Trinajstić information content (AvgIpc) is 2.25. The van der Waals surface area contributed by atoms with Crippen LogP contribution < -0.4 is 0 Å². The van der Waals surface area contributed by atoms with Gasteiger partial charge in [0.25, 0.3) is 0 Å². The number of carbonyl (C=O) groups is 1. The molecule has 0 bridgehead atoms. The molecule has 1 rings (SSSR count). The second-order valence-electron chi connectivity index (χ2n) is 5.36. The fourth-order valence-electron chi connectivity index (χ4n) is 2.76. The van der Waals surface area contributed by atoms with Crippen LogP contribution in [0.4, 0.5) is 0 Å². The first kappa shape index (κ1) is 13.5. The van der Waals surface area contributed by atoms with Gasteiger partial charge in [-0.25, -0.2) is 0 Å². The van der Waals surface area contributed by atoms with E-state index in [1.54, 1.807) is 7.11 Å². The zero-order valence-corrected chi connectivity index (χ0v) is 10.6. The number of carboxylic acids is 1. The van der Waals surface area contributed by atoms with E-state index in [4.69, 9.17) is 4.74 Å². The summed E-state index contributed by atoms with van der Waals surface area (Å²) in [6, 6.07) is 0. The highest BCUT2D eigenvalue weighted by Crippen LogP contribution is 2.34. The molecule has 0 saturated heterocycles. The molecular formula is C13H24O3. The molecule has 0 aromatic heterocycles. The summed E-state index contributed by atoms with van der Waals surface area (Å²) >= 11 is 0. The maximum atomic E-state index is 11.3. The quantitative estimate of drug-likeness (QED) is 0.787. The number of methoxy groups -OCH3 is 1. The van der Waals surface area contributed by atoms with Crippen molar-refractivity contribution in [3.8, 4) is 0 Å². The van der Waals surface area contributed by atoms with Crippen LogP contribution in [-0.4, -0.2) is 24.3 Å². The highest BCUT2D eigenvalue weighted by Gasteiger charge is 2.33. The molecule has 0 radical (unpaired) electrons. The van der Waals surface area contributed by atoms with Crippen molar-refractivity contribution in [3.05, 3.63) is 0 Å². The van der Waals surface area contributed by atoms with E-state index in [0.29, 0.717) is 11.8 Å². The first-order valence-corrected chi connectivity index (χ1v) is 6.30. The van der Waals surface area contributed by atoms with Crippen molar-refractivity contribution in [1.29, 1.82) is 0 Å². The zero-order valence-electron chi connectivity index (χ0n) is 10.6. The summed E-state index contributed by atoms with van der Waals surface area (Å²) in [6.07, 6.45) is 5.21. The van der Waals surface area contributed by atoms with Gasteiger partial charge in [0.2, 0.25) is 0 Å². The summed E-state index contributed by atoms with van der Waals surface area (Å²) in [6.45, 7) is 4.18. The first-order valence-electron chi connectivity index (χ1n) is 6.30. The summed E-state index contributed by atoms with van der Waals surface area (Å²) in [4.78, 5) is 11.3. The van der Waals surface area contributed by atoms with Crippen molar-refractivity contribution >= 4 is 5.97 Å². The second kappa shape index (κ2) is 6.24. The molecule has 3 nitrogen and oxygen atoms in total. The van der Waals surface area contributed by atoms with E-state index in [9.17, 15) is 9.90 Å². The number of aliphatic carboxylic acids is 1. The Hall–Kier alpha value is -0.570. The van der Waals surface area contributed by atoms with Crippen molar-refractivity contribution < 1.29 is 14.6 Å². The molecule has 1 aliphatic rings. The van der Waals surface area contributed by atoms with Crippen LogP contribution in [0.1, 0.15) is 46.0 Å². The Morgan fingerprint density at radius 3 is 2.62 bits per heavy atom. The van der Waals surface area contributed by atoms with E-state index < -0.39 is 5.97 Å². The van der Waals surface area contributed by atoms with Gasteiger partial charge in [-0.15, -0.1) is 0 Å². The van der Waals surface area contributed by atoms with Gasteiger partial charge in [-0.3, -0.25) is 4.79 Å². The minimum atomic E-state index is -0.629. The fourth-order valence-corrected chi connectivity index (χ4v) is 2.76. The third-order valence-corrected chi connectivity index (χ3v) is 3.61. The highest BCUT2D eigenvalue weighted by molar-refractivity contribution is 5.70. The Morgan fingerprint density at radius 1 is 1.44 bits per heavy atom. The summed E-state index contributed by atoms with van der Waals surface area (Å²) in [7, 11) is 1.73. The topological polar surface area (TPSA) is 46.5 Å². The predicted octanol–water partition coefficient (Wildman–Crippen LogP) is 2.94. The van der Waals surface area contributed by atoms with Gasteiger partial charge in [0.15, 0.2) is 0 Å². The van der Waals surface area contributed by atoms with Gasteiger partial charge in [-0.05, 0) is 37.5 Å². The van der Waals surface area contributed by atoms with Gasteiger partial charge in [-0.2, -0.15) is 0 Å². The third-order valence-electron chi connectivity index (χ3n) is 3.61. The van der Waals surface area contributed by atoms with E-state index in [2.05, 4.69) is 13.8 Å². The van der Waals surface area contributed by atoms with E-state index in [1.165, 1.54) is 0 Å². The largest absolute Gasteiger partial charge is 0.481 e. The highest BCUT2D eigenvalue weighted by atomic mass is 16.5. The van der Waals surface area contributed by atoms with E-state index in [1.807, 2.05) is 0 Å². The van der Waals surface area contributed by atoms with E-state index in [-0.39, 0.29) is 12.0 Å². The van der Waals surface area contributed by atoms with Crippen LogP contribution in [0, 0.1) is 17.8 Å². The molecule has 3 unspecified atom stereocenters. The van der Waals surface area contributed by atoms with Crippen molar-refractivity contribution in [1.82, 2.24) is 0 Å². The molecule has 94 valence electrons. The summed E-state index contributed by atoms with van der Waals surface area (Å²) < 4.78 is 5.36. The van der Waals surface area contributed by atoms with Gasteiger partial charge in [0, 0.05) is 7.11 Å². The molecule has 0 amide bonds. The van der Waals surface area contributed by atoms with E-state index >= 15 is 0 Å². The zero-order chi connectivity index (χ0) is 12.1. The lowest BCUT2D eigenvalue weighted by molar-refractivity contribution is -0.145. The third kappa shape index (κ3) is 3.78. The first-order chi connectivity index (χ1) is 7.54. The lowest BCUT2D eigenvalue weighted by atomic mass is 9.75. The molecule has 16 heavy (non-hydrogen) atoms. The normalized spacial score (nSPS) is 28.0. The van der Waals surface area contributed by atoms with Crippen molar-refractivity contribution in [2.45, 2.75) is 52.1 Å². The van der Waals surface area contributed by atoms with Crippen LogP contribution in [-0.2, 0) is 9.53 Å². The van der Waals surface area contributed by atoms with Gasteiger partial charge < -0.3 is 9.84 Å². The minimum Gasteiger partial charge on any atom is -0.481 e. The lowest BCUT2D eigenvalue weighted by Crippen LogP contribution is -2.32. The Morgan fingerprint density at radius 2 is 2.12 bits per heavy atom. The van der Waals surface area contributed by atoms with Crippen LogP contribution >= 0.6 is 0 Å². The SMILES string of the molecule is COC1CCCC(C(CC(C)C)C(=O)O)C1. The number of rotatable bonds is 5. The van der Waals surface area contributed by atoms with Gasteiger partial charge in [0.1, 0.15) is 0 Å². The molecular weight excluding hydrogens is 204 g/mol. The Balaban J connectivity index is 2.59. The molecule has 0 aromatic rings.